The Kier molecular flexibility index (Phi) is 9.01. The summed E-state index contributed by atoms with van der Waals surface area (Å²) in [6.45, 7) is 5.63. The average molecular weight is 489 g/mol. The highest BCUT2D eigenvalue weighted by Crippen LogP contribution is 2.26. The van der Waals surface area contributed by atoms with E-state index in [-0.39, 0.29) is 5.91 Å². The molecule has 0 aliphatic heterocycles. The Hall–Kier alpha value is -2.62. The quantitative estimate of drug-likeness (QED) is 0.329. The van der Waals surface area contributed by atoms with E-state index < -0.39 is 0 Å². The predicted molar refractivity (Wildman–Crippen MR) is 148 cm³/mol. The third-order valence-electron chi connectivity index (χ3n) is 7.08. The number of carbonyl (C=O) groups is 1. The van der Waals surface area contributed by atoms with Crippen molar-refractivity contribution in [1.29, 1.82) is 0 Å². The van der Waals surface area contributed by atoms with Gasteiger partial charge in [-0.3, -0.25) is 9.69 Å². The number of hydrogen-bond donors (Lipinski definition) is 1. The van der Waals surface area contributed by atoms with Crippen LogP contribution in [0.15, 0.2) is 72.8 Å². The Morgan fingerprint density at radius 2 is 1.43 bits per heavy atom. The number of carbonyl (C=O) groups excluding carboxylic acids is 1. The van der Waals surface area contributed by atoms with Crippen LogP contribution in [0.4, 0.5) is 5.69 Å². The third-order valence-corrected chi connectivity index (χ3v) is 7.33. The van der Waals surface area contributed by atoms with Crippen LogP contribution < -0.4 is 5.32 Å². The van der Waals surface area contributed by atoms with Crippen molar-refractivity contribution in [1.82, 2.24) is 4.90 Å². The highest BCUT2D eigenvalue weighted by Gasteiger charge is 2.23. The minimum absolute atomic E-state index is 0.0385. The lowest BCUT2D eigenvalue weighted by atomic mass is 9.93. The van der Waals surface area contributed by atoms with Crippen LogP contribution in [0.1, 0.15) is 63.5 Å². The zero-order valence-electron chi connectivity index (χ0n) is 21.0. The molecule has 0 bridgehead atoms. The molecule has 0 unspecified atom stereocenters. The lowest BCUT2D eigenvalue weighted by Gasteiger charge is -2.37. The van der Waals surface area contributed by atoms with E-state index >= 15 is 0 Å². The van der Waals surface area contributed by atoms with Crippen LogP contribution in [0.5, 0.6) is 0 Å². The molecule has 1 aliphatic carbocycles. The topological polar surface area (TPSA) is 32.3 Å². The SMILES string of the molecule is CC(C)N(Cc1ccc(CCC(=O)Nc2ccc(-c3ccc(Cl)cc3)cc2)cc1)C1CCCCC1. The molecule has 0 atom stereocenters. The Morgan fingerprint density at radius 1 is 0.857 bits per heavy atom. The van der Waals surface area contributed by atoms with E-state index in [4.69, 9.17) is 11.6 Å². The van der Waals surface area contributed by atoms with Crippen molar-refractivity contribution < 1.29 is 4.79 Å². The summed E-state index contributed by atoms with van der Waals surface area (Å²) in [7, 11) is 0. The zero-order valence-corrected chi connectivity index (χ0v) is 21.7. The average Bonchev–Trinajstić information content (AvgIpc) is 2.88. The predicted octanol–water partition coefficient (Wildman–Crippen LogP) is 8.12. The molecule has 3 nitrogen and oxygen atoms in total. The molecule has 1 N–H and O–H groups in total. The summed E-state index contributed by atoms with van der Waals surface area (Å²) in [5.41, 5.74) is 5.58. The largest absolute Gasteiger partial charge is 0.326 e. The summed E-state index contributed by atoms with van der Waals surface area (Å²) >= 11 is 5.97. The smallest absolute Gasteiger partial charge is 0.224 e. The minimum Gasteiger partial charge on any atom is -0.326 e. The first kappa shape index (κ1) is 25.5. The normalized spacial score (nSPS) is 14.4. The Morgan fingerprint density at radius 3 is 2.03 bits per heavy atom. The van der Waals surface area contributed by atoms with Gasteiger partial charge in [0.15, 0.2) is 0 Å². The van der Waals surface area contributed by atoms with Crippen molar-refractivity contribution in [3.63, 3.8) is 0 Å². The van der Waals surface area contributed by atoms with Crippen molar-refractivity contribution in [2.24, 2.45) is 0 Å². The van der Waals surface area contributed by atoms with E-state index in [1.54, 1.807) is 0 Å². The van der Waals surface area contributed by atoms with Crippen LogP contribution >= 0.6 is 11.6 Å². The molecule has 3 aromatic carbocycles. The molecular formula is C31H37ClN2O. The van der Waals surface area contributed by atoms with Gasteiger partial charge >= 0.3 is 0 Å². The summed E-state index contributed by atoms with van der Waals surface area (Å²) in [4.78, 5) is 15.2. The van der Waals surface area contributed by atoms with E-state index in [2.05, 4.69) is 48.3 Å². The number of benzene rings is 3. The molecule has 0 radical (unpaired) electrons. The molecule has 1 aliphatic rings. The molecule has 0 spiro atoms. The van der Waals surface area contributed by atoms with Crippen LogP contribution in [0.25, 0.3) is 11.1 Å². The van der Waals surface area contributed by atoms with Crippen molar-refractivity contribution in [2.75, 3.05) is 5.32 Å². The van der Waals surface area contributed by atoms with Gasteiger partial charge in [-0.05, 0) is 79.6 Å². The second-order valence-corrected chi connectivity index (χ2v) is 10.4. The third kappa shape index (κ3) is 7.43. The Labute approximate surface area is 215 Å². The summed E-state index contributed by atoms with van der Waals surface area (Å²) < 4.78 is 0. The maximum atomic E-state index is 12.5. The van der Waals surface area contributed by atoms with Gasteiger partial charge in [0.05, 0.1) is 0 Å². The fourth-order valence-electron chi connectivity index (χ4n) is 5.04. The molecule has 1 fully saturated rings. The second kappa shape index (κ2) is 12.4. The fraction of sp³-hybridized carbons (Fsp3) is 0.387. The maximum Gasteiger partial charge on any atom is 0.224 e. The van der Waals surface area contributed by atoms with E-state index in [0.717, 1.165) is 34.8 Å². The van der Waals surface area contributed by atoms with Crippen LogP contribution in [0.3, 0.4) is 0 Å². The second-order valence-electron chi connectivity index (χ2n) is 10.0. The van der Waals surface area contributed by atoms with Gasteiger partial charge in [-0.2, -0.15) is 0 Å². The summed E-state index contributed by atoms with van der Waals surface area (Å²) in [6.07, 6.45) is 7.98. The molecule has 184 valence electrons. The van der Waals surface area contributed by atoms with Gasteiger partial charge in [0, 0.05) is 35.8 Å². The van der Waals surface area contributed by atoms with Crippen molar-refractivity contribution in [3.8, 4) is 11.1 Å². The zero-order chi connectivity index (χ0) is 24.6. The van der Waals surface area contributed by atoms with E-state index in [0.29, 0.717) is 18.5 Å². The molecule has 1 saturated carbocycles. The number of aryl methyl sites for hydroxylation is 1. The fourth-order valence-corrected chi connectivity index (χ4v) is 5.16. The van der Waals surface area contributed by atoms with Crippen LogP contribution in [-0.4, -0.2) is 22.9 Å². The molecule has 35 heavy (non-hydrogen) atoms. The lowest BCUT2D eigenvalue weighted by molar-refractivity contribution is -0.116. The van der Waals surface area contributed by atoms with Crippen LogP contribution in [0.2, 0.25) is 5.02 Å². The van der Waals surface area contributed by atoms with Crippen molar-refractivity contribution in [2.45, 2.75) is 77.4 Å². The van der Waals surface area contributed by atoms with Gasteiger partial charge < -0.3 is 5.32 Å². The summed E-state index contributed by atoms with van der Waals surface area (Å²) in [5.74, 6) is 0.0385. The number of hydrogen-bond acceptors (Lipinski definition) is 2. The molecule has 4 rings (SSSR count). The van der Waals surface area contributed by atoms with E-state index in [1.807, 2.05) is 48.5 Å². The van der Waals surface area contributed by atoms with Gasteiger partial charge in [-0.15, -0.1) is 0 Å². The number of anilines is 1. The molecule has 4 heteroatoms. The molecule has 0 aromatic heterocycles. The molecular weight excluding hydrogens is 452 g/mol. The number of nitrogens with one attached hydrogen (secondary N) is 1. The van der Waals surface area contributed by atoms with Crippen molar-refractivity contribution >= 4 is 23.2 Å². The number of amides is 1. The minimum atomic E-state index is 0.0385. The molecule has 3 aromatic rings. The summed E-state index contributed by atoms with van der Waals surface area (Å²) in [6, 6.07) is 25.8. The van der Waals surface area contributed by atoms with Crippen LogP contribution in [0, 0.1) is 0 Å². The highest BCUT2D eigenvalue weighted by molar-refractivity contribution is 6.30. The maximum absolute atomic E-state index is 12.5. The highest BCUT2D eigenvalue weighted by atomic mass is 35.5. The first-order valence-corrected chi connectivity index (χ1v) is 13.3. The van der Waals surface area contributed by atoms with E-state index in [9.17, 15) is 4.79 Å². The number of halogens is 1. The monoisotopic (exact) mass is 488 g/mol. The number of nitrogens with zero attached hydrogens (tertiary/aromatic N) is 1. The van der Waals surface area contributed by atoms with Crippen molar-refractivity contribution in [3.05, 3.63) is 88.9 Å². The first-order valence-electron chi connectivity index (χ1n) is 13.0. The lowest BCUT2D eigenvalue weighted by Crippen LogP contribution is -2.40. The van der Waals surface area contributed by atoms with Gasteiger partial charge in [0.1, 0.15) is 0 Å². The number of rotatable bonds is 9. The molecule has 1 amide bonds. The van der Waals surface area contributed by atoms with Gasteiger partial charge in [-0.25, -0.2) is 0 Å². The summed E-state index contributed by atoms with van der Waals surface area (Å²) in [5, 5.41) is 3.75. The molecule has 0 saturated heterocycles. The van der Waals surface area contributed by atoms with Crippen LogP contribution in [-0.2, 0) is 17.8 Å². The molecule has 0 heterocycles. The Bertz CT molecular complexity index is 1070. The standard InChI is InChI=1S/C31H37ClN2O/c1-23(2)34(30-6-4-3-5-7-30)22-25-10-8-24(9-11-25)12-21-31(35)33-29-19-15-27(16-20-29)26-13-17-28(32)18-14-26/h8-11,13-20,23,30H,3-7,12,21-22H2,1-2H3,(H,33,35). The van der Waals surface area contributed by atoms with Gasteiger partial charge in [0.25, 0.3) is 0 Å². The Balaban J connectivity index is 1.26. The van der Waals surface area contributed by atoms with Gasteiger partial charge in [-0.1, -0.05) is 79.4 Å². The first-order chi connectivity index (χ1) is 17.0. The van der Waals surface area contributed by atoms with E-state index in [1.165, 1.54) is 43.2 Å². The van der Waals surface area contributed by atoms with Gasteiger partial charge in [0.2, 0.25) is 5.91 Å².